The summed E-state index contributed by atoms with van der Waals surface area (Å²) in [6.07, 6.45) is 2.94. The van der Waals surface area contributed by atoms with Gasteiger partial charge in [0.25, 0.3) is 0 Å². The Morgan fingerprint density at radius 1 is 1.08 bits per heavy atom. The summed E-state index contributed by atoms with van der Waals surface area (Å²) in [6.45, 7) is 4.15. The summed E-state index contributed by atoms with van der Waals surface area (Å²) < 4.78 is 13.3. The molecule has 0 unspecified atom stereocenters. The number of carbonyl (C=O) groups excluding carboxylic acids is 1. The molecule has 1 saturated carbocycles. The fourth-order valence-corrected chi connectivity index (χ4v) is 2.94. The van der Waals surface area contributed by atoms with E-state index >= 15 is 0 Å². The predicted molar refractivity (Wildman–Crippen MR) is 97.7 cm³/mol. The van der Waals surface area contributed by atoms with Gasteiger partial charge in [0, 0.05) is 12.1 Å². The molecule has 1 aliphatic carbocycles. The Morgan fingerprint density at radius 3 is 2.24 bits per heavy atom. The average Bonchev–Trinajstić information content (AvgIpc) is 3.42. The quantitative estimate of drug-likeness (QED) is 0.793. The molecule has 0 saturated heterocycles. The van der Waals surface area contributed by atoms with Crippen LogP contribution in [0.15, 0.2) is 48.5 Å². The van der Waals surface area contributed by atoms with Gasteiger partial charge in [-0.05, 0) is 49.4 Å². The monoisotopic (exact) mass is 340 g/mol. The molecule has 4 heteroatoms. The molecule has 1 fully saturated rings. The number of benzene rings is 2. The fourth-order valence-electron chi connectivity index (χ4n) is 2.94. The van der Waals surface area contributed by atoms with Crippen LogP contribution < -0.4 is 10.6 Å². The van der Waals surface area contributed by atoms with Crippen LogP contribution in [0.3, 0.4) is 0 Å². The zero-order valence-corrected chi connectivity index (χ0v) is 14.8. The van der Waals surface area contributed by atoms with E-state index < -0.39 is 6.04 Å². The number of aryl methyl sites for hydroxylation is 1. The number of hydrogen-bond donors (Lipinski definition) is 2. The van der Waals surface area contributed by atoms with Gasteiger partial charge >= 0.3 is 0 Å². The standard InChI is InChI=1S/C21H25FN2O/c1-3-19(15-6-4-14(2)5-7-15)24-20(21(25)23-18-12-13-18)16-8-10-17(22)11-9-16/h4-11,18-20,24H,3,12-13H2,1-2H3,(H,23,25)/t19-,20-/m1/s1. The first-order valence-electron chi connectivity index (χ1n) is 8.95. The Bertz CT molecular complexity index is 708. The fraction of sp³-hybridized carbons (Fsp3) is 0.381. The van der Waals surface area contributed by atoms with E-state index in [4.69, 9.17) is 0 Å². The Kier molecular flexibility index (Phi) is 5.49. The first-order valence-corrected chi connectivity index (χ1v) is 8.95. The lowest BCUT2D eigenvalue weighted by Gasteiger charge is -2.25. The number of rotatable bonds is 7. The molecule has 0 radical (unpaired) electrons. The first kappa shape index (κ1) is 17.6. The zero-order chi connectivity index (χ0) is 17.8. The van der Waals surface area contributed by atoms with Gasteiger partial charge in [0.1, 0.15) is 11.9 Å². The zero-order valence-electron chi connectivity index (χ0n) is 14.8. The second-order valence-electron chi connectivity index (χ2n) is 6.81. The van der Waals surface area contributed by atoms with Gasteiger partial charge in [-0.3, -0.25) is 10.1 Å². The van der Waals surface area contributed by atoms with E-state index in [9.17, 15) is 9.18 Å². The van der Waals surface area contributed by atoms with Crippen molar-refractivity contribution in [1.29, 1.82) is 0 Å². The summed E-state index contributed by atoms with van der Waals surface area (Å²) in [5, 5.41) is 6.54. The highest BCUT2D eigenvalue weighted by Crippen LogP contribution is 2.25. The maximum absolute atomic E-state index is 13.3. The molecule has 2 atom stereocenters. The molecule has 0 aromatic heterocycles. The van der Waals surface area contributed by atoms with Gasteiger partial charge in [-0.1, -0.05) is 48.9 Å². The van der Waals surface area contributed by atoms with Crippen molar-refractivity contribution in [2.75, 3.05) is 0 Å². The van der Waals surface area contributed by atoms with Crippen LogP contribution in [-0.4, -0.2) is 11.9 Å². The molecule has 0 heterocycles. The Hall–Kier alpha value is -2.20. The van der Waals surface area contributed by atoms with Crippen molar-refractivity contribution >= 4 is 5.91 Å². The maximum Gasteiger partial charge on any atom is 0.241 e. The van der Waals surface area contributed by atoms with Crippen LogP contribution in [0.5, 0.6) is 0 Å². The van der Waals surface area contributed by atoms with E-state index in [1.807, 2.05) is 0 Å². The molecular weight excluding hydrogens is 315 g/mol. The topological polar surface area (TPSA) is 41.1 Å². The van der Waals surface area contributed by atoms with Gasteiger partial charge in [0.05, 0.1) is 0 Å². The highest BCUT2D eigenvalue weighted by Gasteiger charge is 2.29. The Balaban J connectivity index is 1.82. The molecule has 3 rings (SSSR count). The third-order valence-electron chi connectivity index (χ3n) is 4.65. The first-order chi connectivity index (χ1) is 12.1. The summed E-state index contributed by atoms with van der Waals surface area (Å²) in [5.41, 5.74) is 3.14. The van der Waals surface area contributed by atoms with Crippen molar-refractivity contribution in [3.63, 3.8) is 0 Å². The van der Waals surface area contributed by atoms with E-state index in [1.54, 1.807) is 12.1 Å². The van der Waals surface area contributed by atoms with Gasteiger partial charge in [-0.15, -0.1) is 0 Å². The molecule has 2 aromatic carbocycles. The maximum atomic E-state index is 13.3. The van der Waals surface area contributed by atoms with E-state index in [0.717, 1.165) is 30.4 Å². The molecule has 1 amide bonds. The summed E-state index contributed by atoms with van der Waals surface area (Å²) in [4.78, 5) is 12.7. The highest BCUT2D eigenvalue weighted by atomic mass is 19.1. The van der Waals surface area contributed by atoms with Gasteiger partial charge < -0.3 is 5.32 Å². The summed E-state index contributed by atoms with van der Waals surface area (Å²) in [6, 6.07) is 14.4. The SMILES string of the molecule is CC[C@@H](N[C@@H](C(=O)NC1CC1)c1ccc(F)cc1)c1ccc(C)cc1. The minimum absolute atomic E-state index is 0.0420. The van der Waals surface area contributed by atoms with Crippen LogP contribution in [-0.2, 0) is 4.79 Å². The number of amides is 1. The van der Waals surface area contributed by atoms with Crippen molar-refractivity contribution < 1.29 is 9.18 Å². The lowest BCUT2D eigenvalue weighted by atomic mass is 9.99. The molecule has 1 aliphatic rings. The second-order valence-corrected chi connectivity index (χ2v) is 6.81. The minimum Gasteiger partial charge on any atom is -0.352 e. The Labute approximate surface area is 148 Å². The van der Waals surface area contributed by atoms with Gasteiger partial charge in [0.15, 0.2) is 0 Å². The van der Waals surface area contributed by atoms with Crippen LogP contribution >= 0.6 is 0 Å². The molecule has 0 bridgehead atoms. The van der Waals surface area contributed by atoms with Crippen molar-refractivity contribution in [3.8, 4) is 0 Å². The van der Waals surface area contributed by atoms with Crippen LogP contribution in [0.2, 0.25) is 0 Å². The molecule has 3 nitrogen and oxygen atoms in total. The summed E-state index contributed by atoms with van der Waals surface area (Å²) in [7, 11) is 0. The molecular formula is C21H25FN2O. The smallest absolute Gasteiger partial charge is 0.241 e. The summed E-state index contributed by atoms with van der Waals surface area (Å²) >= 11 is 0. The van der Waals surface area contributed by atoms with Crippen LogP contribution in [0.25, 0.3) is 0 Å². The van der Waals surface area contributed by atoms with Gasteiger partial charge in [0.2, 0.25) is 5.91 Å². The molecule has 132 valence electrons. The normalized spacial score (nSPS) is 16.3. The number of halogens is 1. The predicted octanol–water partition coefficient (Wildman–Crippen LogP) is 4.19. The van der Waals surface area contributed by atoms with Crippen molar-refractivity contribution in [3.05, 3.63) is 71.0 Å². The average molecular weight is 340 g/mol. The minimum atomic E-state index is -0.493. The third-order valence-corrected chi connectivity index (χ3v) is 4.65. The largest absolute Gasteiger partial charge is 0.352 e. The molecule has 2 aromatic rings. The van der Waals surface area contributed by atoms with Crippen molar-refractivity contribution in [2.24, 2.45) is 0 Å². The number of hydrogen-bond acceptors (Lipinski definition) is 2. The lowest BCUT2D eigenvalue weighted by molar-refractivity contribution is -0.123. The van der Waals surface area contributed by atoms with Crippen molar-refractivity contribution in [2.45, 2.75) is 51.2 Å². The molecule has 25 heavy (non-hydrogen) atoms. The third kappa shape index (κ3) is 4.67. The number of nitrogens with one attached hydrogen (secondary N) is 2. The van der Waals surface area contributed by atoms with Crippen molar-refractivity contribution in [1.82, 2.24) is 10.6 Å². The van der Waals surface area contributed by atoms with Crippen LogP contribution in [0.4, 0.5) is 4.39 Å². The summed E-state index contributed by atoms with van der Waals surface area (Å²) in [5.74, 6) is -0.338. The van der Waals surface area contributed by atoms with Gasteiger partial charge in [-0.25, -0.2) is 4.39 Å². The van der Waals surface area contributed by atoms with Gasteiger partial charge in [-0.2, -0.15) is 0 Å². The molecule has 0 spiro atoms. The molecule has 2 N–H and O–H groups in total. The van der Waals surface area contributed by atoms with E-state index in [2.05, 4.69) is 48.7 Å². The second kappa shape index (κ2) is 7.79. The number of carbonyl (C=O) groups is 1. The van der Waals surface area contributed by atoms with E-state index in [1.165, 1.54) is 17.7 Å². The van der Waals surface area contributed by atoms with Crippen LogP contribution in [0, 0.1) is 12.7 Å². The Morgan fingerprint density at radius 2 is 1.68 bits per heavy atom. The van der Waals surface area contributed by atoms with E-state index in [-0.39, 0.29) is 23.8 Å². The van der Waals surface area contributed by atoms with Crippen LogP contribution in [0.1, 0.15) is 55.0 Å². The van der Waals surface area contributed by atoms with E-state index in [0.29, 0.717) is 0 Å². The lowest BCUT2D eigenvalue weighted by Crippen LogP contribution is -2.40. The molecule has 0 aliphatic heterocycles. The highest BCUT2D eigenvalue weighted by molar-refractivity contribution is 5.83.